The van der Waals surface area contributed by atoms with Gasteiger partial charge >= 0.3 is 5.97 Å². The Morgan fingerprint density at radius 2 is 2.14 bits per heavy atom. The summed E-state index contributed by atoms with van der Waals surface area (Å²) in [6.45, 7) is 0. The number of rotatable bonds is 4. The average Bonchev–Trinajstić information content (AvgIpc) is 3.02. The third kappa shape index (κ3) is 2.49. The summed E-state index contributed by atoms with van der Waals surface area (Å²) in [6.07, 6.45) is 4.64. The molecule has 1 aromatic heterocycles. The van der Waals surface area contributed by atoms with Crippen molar-refractivity contribution in [3.8, 4) is 5.75 Å². The number of nitrogens with zero attached hydrogens (tertiary/aromatic N) is 2. The Hall–Kier alpha value is -2.37. The van der Waals surface area contributed by atoms with Gasteiger partial charge in [0, 0.05) is 6.20 Å². The van der Waals surface area contributed by atoms with Crippen molar-refractivity contribution < 1.29 is 14.6 Å². The summed E-state index contributed by atoms with van der Waals surface area (Å²) in [6, 6.07) is 9.09. The van der Waals surface area contributed by atoms with E-state index >= 15 is 0 Å². The number of aromatic amines is 1. The number of benzene rings is 1. The standard InChI is InChI=1S/C15H17N3O3/c19-14(20)15(21-11-6-2-1-3-7-11)9-5-4-8-12(15)13-10-16-18-17-13/h1-3,6-7,10,12H,4-5,8-9H2,(H,19,20)(H,16,17,18). The van der Waals surface area contributed by atoms with Crippen molar-refractivity contribution in [1.82, 2.24) is 15.4 Å². The molecule has 6 nitrogen and oxygen atoms in total. The first-order valence-electron chi connectivity index (χ1n) is 7.06. The van der Waals surface area contributed by atoms with Crippen LogP contribution in [0.15, 0.2) is 36.5 Å². The molecule has 0 amide bonds. The summed E-state index contributed by atoms with van der Waals surface area (Å²) in [5, 5.41) is 20.2. The molecule has 1 heterocycles. The average molecular weight is 287 g/mol. The Labute approximate surface area is 122 Å². The molecule has 0 saturated heterocycles. The van der Waals surface area contributed by atoms with E-state index in [0.717, 1.165) is 19.3 Å². The lowest BCUT2D eigenvalue weighted by Crippen LogP contribution is -2.51. The molecular weight excluding hydrogens is 270 g/mol. The predicted molar refractivity (Wildman–Crippen MR) is 75.0 cm³/mol. The highest BCUT2D eigenvalue weighted by Gasteiger charge is 2.51. The predicted octanol–water partition coefficient (Wildman–Crippen LogP) is 2.36. The molecule has 0 aliphatic heterocycles. The number of carbonyl (C=O) groups is 1. The number of ether oxygens (including phenoxy) is 1. The van der Waals surface area contributed by atoms with Gasteiger partial charge in [0.05, 0.1) is 11.6 Å². The molecular formula is C15H17N3O3. The molecule has 2 aromatic rings. The van der Waals surface area contributed by atoms with Crippen LogP contribution >= 0.6 is 0 Å². The van der Waals surface area contributed by atoms with E-state index in [1.54, 1.807) is 18.3 Å². The van der Waals surface area contributed by atoms with Gasteiger partial charge in [-0.15, -0.1) is 5.10 Å². The van der Waals surface area contributed by atoms with Gasteiger partial charge in [0.2, 0.25) is 5.60 Å². The molecule has 1 saturated carbocycles. The largest absolute Gasteiger partial charge is 0.478 e. The molecule has 3 rings (SSSR count). The summed E-state index contributed by atoms with van der Waals surface area (Å²) < 4.78 is 5.96. The van der Waals surface area contributed by atoms with Crippen molar-refractivity contribution in [1.29, 1.82) is 0 Å². The van der Waals surface area contributed by atoms with E-state index in [0.29, 0.717) is 17.9 Å². The summed E-state index contributed by atoms with van der Waals surface area (Å²) in [5.41, 5.74) is -0.635. The van der Waals surface area contributed by atoms with Gasteiger partial charge in [-0.25, -0.2) is 4.79 Å². The number of hydrogen-bond acceptors (Lipinski definition) is 4. The van der Waals surface area contributed by atoms with E-state index in [9.17, 15) is 9.90 Å². The van der Waals surface area contributed by atoms with E-state index in [-0.39, 0.29) is 5.92 Å². The highest BCUT2D eigenvalue weighted by Crippen LogP contribution is 2.43. The van der Waals surface area contributed by atoms with E-state index in [2.05, 4.69) is 15.4 Å². The Morgan fingerprint density at radius 1 is 1.33 bits per heavy atom. The lowest BCUT2D eigenvalue weighted by molar-refractivity contribution is -0.160. The Bertz CT molecular complexity index is 600. The second kappa shape index (κ2) is 5.55. The fourth-order valence-corrected chi connectivity index (χ4v) is 3.03. The maximum atomic E-state index is 12.0. The van der Waals surface area contributed by atoms with Crippen LogP contribution in [-0.4, -0.2) is 32.1 Å². The lowest BCUT2D eigenvalue weighted by atomic mass is 9.73. The molecule has 110 valence electrons. The Morgan fingerprint density at radius 3 is 2.81 bits per heavy atom. The molecule has 1 aliphatic carbocycles. The van der Waals surface area contributed by atoms with Crippen LogP contribution in [0, 0.1) is 0 Å². The van der Waals surface area contributed by atoms with E-state index in [4.69, 9.17) is 4.74 Å². The normalized spacial score (nSPS) is 25.4. The molecule has 0 spiro atoms. The number of aromatic nitrogens is 3. The van der Waals surface area contributed by atoms with Crippen molar-refractivity contribution in [3.63, 3.8) is 0 Å². The number of nitrogens with one attached hydrogen (secondary N) is 1. The summed E-state index contributed by atoms with van der Waals surface area (Å²) >= 11 is 0. The maximum absolute atomic E-state index is 12.0. The number of carboxylic acid groups (broad SMARTS) is 1. The molecule has 2 unspecified atom stereocenters. The Balaban J connectivity index is 1.99. The van der Waals surface area contributed by atoms with Crippen molar-refractivity contribution in [2.75, 3.05) is 0 Å². The quantitative estimate of drug-likeness (QED) is 0.901. The first-order valence-corrected chi connectivity index (χ1v) is 7.06. The summed E-state index contributed by atoms with van der Waals surface area (Å²) in [4.78, 5) is 12.0. The smallest absolute Gasteiger partial charge is 0.348 e. The van der Waals surface area contributed by atoms with Crippen LogP contribution < -0.4 is 4.74 Å². The van der Waals surface area contributed by atoms with Crippen LogP contribution in [-0.2, 0) is 4.79 Å². The zero-order valence-electron chi connectivity index (χ0n) is 11.5. The van der Waals surface area contributed by atoms with Crippen molar-refractivity contribution in [3.05, 3.63) is 42.2 Å². The molecule has 0 radical (unpaired) electrons. The molecule has 6 heteroatoms. The second-order valence-corrected chi connectivity index (χ2v) is 5.31. The molecule has 1 aliphatic rings. The first-order chi connectivity index (χ1) is 10.2. The molecule has 2 N–H and O–H groups in total. The van der Waals surface area contributed by atoms with E-state index in [1.807, 2.05) is 18.2 Å². The van der Waals surface area contributed by atoms with Gasteiger partial charge in [0.15, 0.2) is 0 Å². The molecule has 2 atom stereocenters. The number of H-pyrrole nitrogens is 1. The van der Waals surface area contributed by atoms with Crippen molar-refractivity contribution in [2.24, 2.45) is 0 Å². The minimum Gasteiger partial charge on any atom is -0.478 e. The third-order valence-electron chi connectivity index (χ3n) is 4.05. The highest BCUT2D eigenvalue weighted by atomic mass is 16.5. The van der Waals surface area contributed by atoms with Crippen LogP contribution in [0.4, 0.5) is 0 Å². The van der Waals surface area contributed by atoms with Crippen LogP contribution in [0.2, 0.25) is 0 Å². The van der Waals surface area contributed by atoms with Gasteiger partial charge < -0.3 is 9.84 Å². The van der Waals surface area contributed by atoms with E-state index < -0.39 is 11.6 Å². The second-order valence-electron chi connectivity index (χ2n) is 5.31. The fraction of sp³-hybridized carbons (Fsp3) is 0.400. The van der Waals surface area contributed by atoms with Gasteiger partial charge in [-0.05, 0) is 31.4 Å². The SMILES string of the molecule is O=C(O)C1(Oc2ccccc2)CCCCC1c1c[nH]nn1. The zero-order chi connectivity index (χ0) is 14.7. The lowest BCUT2D eigenvalue weighted by Gasteiger charge is -2.39. The minimum absolute atomic E-state index is 0.303. The Kier molecular flexibility index (Phi) is 3.60. The molecule has 21 heavy (non-hydrogen) atoms. The summed E-state index contributed by atoms with van der Waals surface area (Å²) in [5.74, 6) is -0.683. The molecule has 1 aromatic carbocycles. The highest BCUT2D eigenvalue weighted by molar-refractivity contribution is 5.79. The number of carboxylic acids is 1. The summed E-state index contributed by atoms with van der Waals surface area (Å²) in [7, 11) is 0. The maximum Gasteiger partial charge on any atom is 0.348 e. The molecule has 1 fully saturated rings. The van der Waals surface area contributed by atoms with Crippen LogP contribution in [0.5, 0.6) is 5.75 Å². The van der Waals surface area contributed by atoms with Crippen LogP contribution in [0.25, 0.3) is 0 Å². The third-order valence-corrected chi connectivity index (χ3v) is 4.05. The van der Waals surface area contributed by atoms with E-state index in [1.165, 1.54) is 0 Å². The topological polar surface area (TPSA) is 88.1 Å². The molecule has 0 bridgehead atoms. The monoisotopic (exact) mass is 287 g/mol. The minimum atomic E-state index is -1.28. The van der Waals surface area contributed by atoms with Gasteiger partial charge in [-0.1, -0.05) is 29.8 Å². The fourth-order valence-electron chi connectivity index (χ4n) is 3.03. The van der Waals surface area contributed by atoms with Crippen LogP contribution in [0.3, 0.4) is 0 Å². The van der Waals surface area contributed by atoms with Gasteiger partial charge in [0.1, 0.15) is 5.75 Å². The number of para-hydroxylation sites is 1. The van der Waals surface area contributed by atoms with Gasteiger partial charge in [-0.2, -0.15) is 0 Å². The van der Waals surface area contributed by atoms with Crippen molar-refractivity contribution in [2.45, 2.75) is 37.2 Å². The number of aliphatic carboxylic acids is 1. The first kappa shape index (κ1) is 13.6. The van der Waals surface area contributed by atoms with Gasteiger partial charge in [-0.3, -0.25) is 5.10 Å². The van der Waals surface area contributed by atoms with Crippen molar-refractivity contribution >= 4 is 5.97 Å². The van der Waals surface area contributed by atoms with Gasteiger partial charge in [0.25, 0.3) is 0 Å². The number of hydrogen-bond donors (Lipinski definition) is 2. The van der Waals surface area contributed by atoms with Crippen LogP contribution in [0.1, 0.15) is 37.3 Å². The zero-order valence-corrected chi connectivity index (χ0v) is 11.5.